The van der Waals surface area contributed by atoms with Crippen molar-refractivity contribution < 1.29 is 0 Å². The molecule has 0 bridgehead atoms. The lowest BCUT2D eigenvalue weighted by atomic mass is 9.45. The molecule has 4 saturated carbocycles. The van der Waals surface area contributed by atoms with Crippen molar-refractivity contribution >= 4 is 12.6 Å². The first-order valence-electron chi connectivity index (χ1n) is 9.30. The minimum Gasteiger partial charge on any atom is -0.179 e. The van der Waals surface area contributed by atoms with Crippen LogP contribution in [-0.2, 0) is 0 Å². The van der Waals surface area contributed by atoms with Crippen LogP contribution < -0.4 is 0 Å². The summed E-state index contributed by atoms with van der Waals surface area (Å²) in [5, 5.41) is 0. The van der Waals surface area contributed by atoms with Crippen LogP contribution in [0.1, 0.15) is 77.6 Å². The third-order valence-corrected chi connectivity index (χ3v) is 9.05. The molecule has 0 aromatic heterocycles. The molecular formula is C19H32S. The Hall–Kier alpha value is 0.350. The molecule has 0 N–H and O–H groups in total. The highest BCUT2D eigenvalue weighted by molar-refractivity contribution is 7.80. The summed E-state index contributed by atoms with van der Waals surface area (Å²) in [4.78, 5) is 0. The van der Waals surface area contributed by atoms with Crippen molar-refractivity contribution in [3.8, 4) is 0 Å². The first kappa shape index (κ1) is 14.0. The van der Waals surface area contributed by atoms with Gasteiger partial charge in [-0.1, -0.05) is 26.2 Å². The maximum absolute atomic E-state index is 4.80. The van der Waals surface area contributed by atoms with Crippen molar-refractivity contribution in [2.75, 3.05) is 5.75 Å². The van der Waals surface area contributed by atoms with Gasteiger partial charge in [-0.05, 0) is 91.6 Å². The summed E-state index contributed by atoms with van der Waals surface area (Å²) in [6.07, 6.45) is 16.8. The topological polar surface area (TPSA) is 0 Å². The number of hydrogen-bond donors (Lipinski definition) is 1. The van der Waals surface area contributed by atoms with E-state index < -0.39 is 0 Å². The summed E-state index contributed by atoms with van der Waals surface area (Å²) in [7, 11) is 0. The van der Waals surface area contributed by atoms with E-state index in [0.717, 1.165) is 23.7 Å². The number of fused-ring (bicyclic) bond motifs is 5. The van der Waals surface area contributed by atoms with Crippen LogP contribution in [0.15, 0.2) is 0 Å². The Kier molecular flexibility index (Phi) is 3.45. The van der Waals surface area contributed by atoms with Crippen molar-refractivity contribution in [2.24, 2.45) is 34.5 Å². The summed E-state index contributed by atoms with van der Waals surface area (Å²) in [5.41, 5.74) is 1.37. The second kappa shape index (κ2) is 4.93. The highest BCUT2D eigenvalue weighted by Crippen LogP contribution is 2.66. The van der Waals surface area contributed by atoms with E-state index in [9.17, 15) is 0 Å². The van der Waals surface area contributed by atoms with Crippen molar-refractivity contribution in [1.82, 2.24) is 0 Å². The minimum absolute atomic E-state index is 0.655. The molecule has 0 aromatic carbocycles. The van der Waals surface area contributed by atoms with E-state index in [1.807, 2.05) is 0 Å². The Morgan fingerprint density at radius 1 is 0.850 bits per heavy atom. The normalized spacial score (nSPS) is 54.9. The average Bonchev–Trinajstić information content (AvgIpc) is 2.91. The highest BCUT2D eigenvalue weighted by Gasteiger charge is 2.57. The molecule has 4 aliphatic carbocycles. The van der Waals surface area contributed by atoms with Gasteiger partial charge in [0.2, 0.25) is 0 Å². The fourth-order valence-corrected chi connectivity index (χ4v) is 7.92. The van der Waals surface area contributed by atoms with Crippen LogP contribution in [0.25, 0.3) is 0 Å². The van der Waals surface area contributed by atoms with Gasteiger partial charge in [-0.25, -0.2) is 0 Å². The Morgan fingerprint density at radius 3 is 2.60 bits per heavy atom. The van der Waals surface area contributed by atoms with Crippen molar-refractivity contribution in [3.05, 3.63) is 0 Å². The summed E-state index contributed by atoms with van der Waals surface area (Å²) in [6, 6.07) is 0. The van der Waals surface area contributed by atoms with Gasteiger partial charge in [0.15, 0.2) is 0 Å². The maximum atomic E-state index is 4.80. The number of rotatable bonds is 1. The molecule has 0 nitrogen and oxygen atoms in total. The van der Waals surface area contributed by atoms with Crippen LogP contribution >= 0.6 is 12.6 Å². The standard InChI is InChI=1S/C19H32S/c1-18-10-3-2-5-14(18)7-8-15-16(18)9-12-19(13-20)11-4-6-17(15)19/h14-17,20H,2-13H2,1H3/t14-,15-,16+,17+,18+,19+/m1/s1. The van der Waals surface area contributed by atoms with Gasteiger partial charge in [0.25, 0.3) is 0 Å². The molecule has 0 saturated heterocycles. The van der Waals surface area contributed by atoms with Crippen LogP contribution in [0.2, 0.25) is 0 Å². The van der Waals surface area contributed by atoms with Gasteiger partial charge in [-0.15, -0.1) is 0 Å². The molecule has 0 aliphatic heterocycles. The zero-order valence-corrected chi connectivity index (χ0v) is 14.1. The predicted molar refractivity (Wildman–Crippen MR) is 89.1 cm³/mol. The van der Waals surface area contributed by atoms with E-state index >= 15 is 0 Å². The Bertz CT molecular complexity index is 378. The van der Waals surface area contributed by atoms with Gasteiger partial charge < -0.3 is 0 Å². The van der Waals surface area contributed by atoms with Crippen LogP contribution in [0.4, 0.5) is 0 Å². The molecule has 0 amide bonds. The van der Waals surface area contributed by atoms with Crippen LogP contribution in [0, 0.1) is 34.5 Å². The van der Waals surface area contributed by atoms with Crippen molar-refractivity contribution in [2.45, 2.75) is 77.6 Å². The summed E-state index contributed by atoms with van der Waals surface area (Å²) in [6.45, 7) is 2.69. The van der Waals surface area contributed by atoms with Crippen LogP contribution in [-0.4, -0.2) is 5.75 Å². The van der Waals surface area contributed by atoms with Gasteiger partial charge in [-0.2, -0.15) is 12.6 Å². The first-order chi connectivity index (χ1) is 9.70. The predicted octanol–water partition coefficient (Wildman–Crippen LogP) is 5.72. The molecule has 4 aliphatic rings. The van der Waals surface area contributed by atoms with Gasteiger partial charge in [0, 0.05) is 0 Å². The zero-order valence-electron chi connectivity index (χ0n) is 13.2. The molecule has 6 atom stereocenters. The molecule has 0 unspecified atom stereocenters. The van der Waals surface area contributed by atoms with E-state index in [4.69, 9.17) is 12.6 Å². The monoisotopic (exact) mass is 292 g/mol. The molecule has 0 aromatic rings. The molecular weight excluding hydrogens is 260 g/mol. The number of hydrogen-bond acceptors (Lipinski definition) is 1. The summed E-state index contributed by atoms with van der Waals surface area (Å²) < 4.78 is 0. The zero-order chi connectivity index (χ0) is 13.8. The third kappa shape index (κ3) is 1.80. The van der Waals surface area contributed by atoms with Gasteiger partial charge in [0.05, 0.1) is 0 Å². The lowest BCUT2D eigenvalue weighted by Crippen LogP contribution is -2.52. The third-order valence-electron chi connectivity index (χ3n) is 8.42. The fourth-order valence-electron chi connectivity index (χ4n) is 7.36. The van der Waals surface area contributed by atoms with Crippen LogP contribution in [0.3, 0.4) is 0 Å². The molecule has 20 heavy (non-hydrogen) atoms. The minimum atomic E-state index is 0.655. The largest absolute Gasteiger partial charge is 0.179 e. The van der Waals surface area contributed by atoms with E-state index in [-0.39, 0.29) is 0 Å². The second-order valence-electron chi connectivity index (χ2n) is 8.85. The molecule has 0 heterocycles. The summed E-state index contributed by atoms with van der Waals surface area (Å²) >= 11 is 4.80. The van der Waals surface area contributed by atoms with E-state index in [2.05, 4.69) is 6.92 Å². The Labute approximate surface area is 130 Å². The quantitative estimate of drug-likeness (QED) is 0.587. The van der Waals surface area contributed by atoms with E-state index in [1.165, 1.54) is 50.7 Å². The highest BCUT2D eigenvalue weighted by atomic mass is 32.1. The van der Waals surface area contributed by atoms with Crippen molar-refractivity contribution in [3.63, 3.8) is 0 Å². The number of thiol groups is 1. The second-order valence-corrected chi connectivity index (χ2v) is 9.17. The molecule has 1 heteroatoms. The molecule has 0 spiro atoms. The first-order valence-corrected chi connectivity index (χ1v) is 9.94. The SMILES string of the molecule is C[C@]12CCCC[C@@H]1CC[C@H]1[C@@H]3CCC[C@@]3(CS)CC[C@@H]12. The van der Waals surface area contributed by atoms with Gasteiger partial charge in [0.1, 0.15) is 0 Å². The van der Waals surface area contributed by atoms with E-state index in [1.54, 1.807) is 25.7 Å². The van der Waals surface area contributed by atoms with Gasteiger partial charge in [-0.3, -0.25) is 0 Å². The smallest absolute Gasteiger partial charge is 0.00384 e. The average molecular weight is 293 g/mol. The van der Waals surface area contributed by atoms with Crippen LogP contribution in [0.5, 0.6) is 0 Å². The molecule has 114 valence electrons. The molecule has 4 rings (SSSR count). The molecule has 0 radical (unpaired) electrons. The van der Waals surface area contributed by atoms with Gasteiger partial charge >= 0.3 is 0 Å². The van der Waals surface area contributed by atoms with E-state index in [0.29, 0.717) is 10.8 Å². The lowest BCUT2D eigenvalue weighted by molar-refractivity contribution is -0.102. The lowest BCUT2D eigenvalue weighted by Gasteiger charge is -2.60. The fraction of sp³-hybridized carbons (Fsp3) is 1.00. The summed E-state index contributed by atoms with van der Waals surface area (Å²) in [5.74, 6) is 5.41. The Balaban J connectivity index is 1.64. The maximum Gasteiger partial charge on any atom is -0.00384 e. The molecule has 4 fully saturated rings. The van der Waals surface area contributed by atoms with Crippen molar-refractivity contribution in [1.29, 1.82) is 0 Å². The Morgan fingerprint density at radius 2 is 1.75 bits per heavy atom.